The third-order valence-electron chi connectivity index (χ3n) is 21.3. The molecule has 9 fully saturated rings. The summed E-state index contributed by atoms with van der Waals surface area (Å²) in [6.45, 7) is 3.72. The van der Waals surface area contributed by atoms with Crippen LogP contribution in [0.5, 0.6) is 0 Å². The zero-order valence-electron chi connectivity index (χ0n) is 59.1. The second kappa shape index (κ2) is 39.0. The van der Waals surface area contributed by atoms with Crippen LogP contribution >= 0.6 is 0 Å². The molecule has 0 aromatic carbocycles. The van der Waals surface area contributed by atoms with E-state index in [9.17, 15) is 86.5 Å². The average Bonchev–Trinajstić information content (AvgIpc) is 0.774. The number of aliphatic hydroxyl groups excluding tert-OH is 13. The summed E-state index contributed by atoms with van der Waals surface area (Å²) in [4.78, 5) is 12.6. The number of rotatable bonds is 22. The molecule has 0 bridgehead atoms. The number of hydrogen-bond acceptors (Lipinski definition) is 43. The Morgan fingerprint density at radius 1 is 0.505 bits per heavy atom. The molecule has 9 rings (SSSR count). The summed E-state index contributed by atoms with van der Waals surface area (Å²) in [6.07, 6.45) is -31.9. The monoisotopic (exact) mass is 1530 g/mol. The molecule has 45 N–H and O–H groups in total. The molecule has 3 saturated carbocycles. The van der Waals surface area contributed by atoms with Crippen molar-refractivity contribution < 1.29 is 143 Å². The summed E-state index contributed by atoms with van der Waals surface area (Å²) in [6, 6.07) is -10.0. The summed E-state index contributed by atoms with van der Waals surface area (Å²) in [5, 5.41) is 168. The number of ether oxygens (including phenoxy) is 12. The van der Waals surface area contributed by atoms with E-state index in [0.29, 0.717) is 19.3 Å². The van der Waals surface area contributed by atoms with E-state index in [1.54, 1.807) is 6.92 Å². The largest absolute Gasteiger partial charge is 0.394 e. The third kappa shape index (κ3) is 21.0. The second-order valence-electron chi connectivity index (χ2n) is 29.3. The number of nitrogens with two attached hydrogens (primary N) is 14. The first-order chi connectivity index (χ1) is 49.2. The fraction of sp³-hybridized carbons (Fsp3) is 0.984. The minimum absolute atomic E-state index is 0.00234. The molecule has 3 aliphatic carbocycles. The first-order valence-corrected chi connectivity index (χ1v) is 35.6. The van der Waals surface area contributed by atoms with Crippen LogP contribution in [-0.2, 0) is 61.6 Å². The van der Waals surface area contributed by atoms with E-state index >= 15 is 0 Å². The zero-order chi connectivity index (χ0) is 78.3. The van der Waals surface area contributed by atoms with Crippen molar-refractivity contribution in [2.45, 2.75) is 328 Å². The van der Waals surface area contributed by atoms with Crippen LogP contribution in [0.1, 0.15) is 72.1 Å². The maximum Gasteiger partial charge on any atom is 0.249 e. The highest BCUT2D eigenvalue weighted by Crippen LogP contribution is 2.38. The van der Waals surface area contributed by atoms with Crippen molar-refractivity contribution >= 4 is 5.91 Å². The molecule has 0 aromatic rings. The molecule has 6 aliphatic heterocycles. The molecule has 44 heteroatoms. The quantitative estimate of drug-likeness (QED) is 0.0448. The van der Waals surface area contributed by atoms with E-state index in [1.807, 2.05) is 13.8 Å². The summed E-state index contributed by atoms with van der Waals surface area (Å²) in [7, 11) is 0. The van der Waals surface area contributed by atoms with E-state index < -0.39 is 269 Å². The van der Waals surface area contributed by atoms with Crippen molar-refractivity contribution in [3.8, 4) is 0 Å². The van der Waals surface area contributed by atoms with Gasteiger partial charge in [0.2, 0.25) is 11.7 Å². The summed E-state index contributed by atoms with van der Waals surface area (Å²) in [5.74, 6) is -4.10. The van der Waals surface area contributed by atoms with Gasteiger partial charge in [-0.05, 0) is 71.8 Å². The Labute approximate surface area is 606 Å². The molecule has 616 valence electrons. The molecular formula is C61H123N15O29. The summed E-state index contributed by atoms with van der Waals surface area (Å²) < 4.78 is 68.8. The first-order valence-electron chi connectivity index (χ1n) is 35.6. The molecule has 6 saturated heterocycles. The van der Waals surface area contributed by atoms with Crippen molar-refractivity contribution in [1.82, 2.24) is 5.32 Å². The minimum atomic E-state index is -2.80. The van der Waals surface area contributed by atoms with E-state index in [1.165, 1.54) is 0 Å². The van der Waals surface area contributed by atoms with Gasteiger partial charge in [0.1, 0.15) is 116 Å². The molecule has 1 amide bonds. The molecule has 0 spiro atoms. The normalized spacial score (nSPS) is 49.6. The van der Waals surface area contributed by atoms with Gasteiger partial charge in [0.15, 0.2) is 37.7 Å². The lowest BCUT2D eigenvalue weighted by Gasteiger charge is -2.50. The third-order valence-corrected chi connectivity index (χ3v) is 21.3. The molecule has 44 nitrogen and oxygen atoms in total. The lowest BCUT2D eigenvalue weighted by atomic mass is 9.80. The standard InChI is InChI=1S/C22H44N6O13.C21H42N4O7.C18H37N5O9/c23-2-1-8(30)19(35)28-7-3-6(25)16(40-20-12(27)18(34)22(36,37)10(4-24)39-20)15(33)17(7)41-21-14(32)11(26)13(31)9(5-29)38-21;1-4-10-15(26)20(29-8-21(10,3)28)32-18-13(25)7-12(24)17(16(18)27)31-19-11(23)5-6-14(30-19)9(2)22;19-3-9-8(25)2-7(22)17(29-9)31-15-5(20)1-6(21)16(14(15)28)32-18-13(27)11(23)12(26)10(4-24)30-18/h6-18,20-21,29-34,36-37H,1-5,23-27H2,(H,28,35);9-20,26-28H,4-8,22-25H2,1-3H3;5-18,24-28H,1-4,19-23H2/t6?,7-,8?,9?,10?,11+,12?,13-,14?,15-,16-,17?,18-,20-,21-;9-,10-,11?,12+,13-,14?,15?,16?,17?,18+,19+,20-,21+;5-,6+,7?,8-,9?,10?,11-,12+,13?,14?,15?,16-,17-,18+/m110/s1. The minimum Gasteiger partial charge on any atom is -0.394 e. The second-order valence-corrected chi connectivity index (χ2v) is 29.3. The Morgan fingerprint density at radius 2 is 0.943 bits per heavy atom. The van der Waals surface area contributed by atoms with Crippen molar-refractivity contribution in [1.29, 1.82) is 0 Å². The smallest absolute Gasteiger partial charge is 0.249 e. The van der Waals surface area contributed by atoms with Gasteiger partial charge in [-0.2, -0.15) is 0 Å². The van der Waals surface area contributed by atoms with E-state index in [2.05, 4.69) is 5.32 Å². The Balaban J connectivity index is 0.000000222. The molecule has 0 aromatic heterocycles. The van der Waals surface area contributed by atoms with Crippen molar-refractivity contribution in [3.05, 3.63) is 0 Å². The molecule has 0 radical (unpaired) electrons. The van der Waals surface area contributed by atoms with E-state index in [4.69, 9.17) is 137 Å². The van der Waals surface area contributed by atoms with Gasteiger partial charge in [0.05, 0.1) is 80.0 Å². The SMILES string of the molecule is CC[C@@H]1C(O)[C@@H](O[C@@H]2C(O)C(O[C@@H]3OC([C@@H](C)N)CCC3N)[C@@H](N)C[C@H]2N)OC[C@]1(C)O.NCC1O[C@@H](OC2C(O)[C@@H](O[C@H]3OC(CO)[C@@H](O)[C@H](N)C3O)[C@H](N)C[C@@H]2N)C(N)C[C@@H]1O.NCCC(O)C(=O)N[C@@H]1CC(N)[C@@H](O[C@H]2OC(CN)C(O)(O)[C@H](O)C2N)[C@@H](O)C1O[C@H]1OC(CO)[C@@H](O)[C@H](N)C1O. The Hall–Kier alpha value is -2.21. The molecule has 9 aliphatic rings. The average molecular weight is 1530 g/mol. The van der Waals surface area contributed by atoms with Gasteiger partial charge in [-0.3, -0.25) is 4.79 Å². The molecule has 18 unspecified atom stereocenters. The van der Waals surface area contributed by atoms with E-state index in [0.717, 1.165) is 6.42 Å². The van der Waals surface area contributed by atoms with Crippen LogP contribution in [-0.4, -0.2) is 383 Å². The highest BCUT2D eigenvalue weighted by Gasteiger charge is 2.58. The maximum absolute atomic E-state index is 12.6. The number of nitrogens with one attached hydrogen (secondary N) is 1. The van der Waals surface area contributed by atoms with Crippen LogP contribution < -0.4 is 85.6 Å². The number of carbonyl (C=O) groups is 1. The van der Waals surface area contributed by atoms with Gasteiger partial charge in [0.25, 0.3) is 0 Å². The highest BCUT2D eigenvalue weighted by atomic mass is 16.7. The lowest BCUT2D eigenvalue weighted by Crippen LogP contribution is -2.72. The van der Waals surface area contributed by atoms with Crippen LogP contribution in [0.4, 0.5) is 0 Å². The van der Waals surface area contributed by atoms with Gasteiger partial charge >= 0.3 is 0 Å². The van der Waals surface area contributed by atoms with Gasteiger partial charge in [0, 0.05) is 55.3 Å². The Bertz CT molecular complexity index is 2610. The molecule has 105 heavy (non-hydrogen) atoms. The summed E-state index contributed by atoms with van der Waals surface area (Å²) >= 11 is 0. The van der Waals surface area contributed by atoms with Crippen molar-refractivity contribution in [3.63, 3.8) is 0 Å². The fourth-order valence-electron chi connectivity index (χ4n) is 14.7. The van der Waals surface area contributed by atoms with Crippen LogP contribution in [0.25, 0.3) is 0 Å². The predicted molar refractivity (Wildman–Crippen MR) is 359 cm³/mol. The molecule has 6 heterocycles. The van der Waals surface area contributed by atoms with Crippen molar-refractivity contribution in [2.24, 2.45) is 86.2 Å². The summed E-state index contributed by atoms with van der Waals surface area (Å²) in [5.41, 5.74) is 82.2. The predicted octanol–water partition coefficient (Wildman–Crippen LogP) is -17.6. The van der Waals surface area contributed by atoms with Gasteiger partial charge in [-0.15, -0.1) is 0 Å². The number of aliphatic hydroxyl groups is 16. The van der Waals surface area contributed by atoms with Gasteiger partial charge < -0.3 is 224 Å². The number of carbonyl (C=O) groups excluding carboxylic acids is 1. The lowest BCUT2D eigenvalue weighted by molar-refractivity contribution is -0.369. The Morgan fingerprint density at radius 3 is 1.40 bits per heavy atom. The maximum atomic E-state index is 12.6. The molecule has 42 atom stereocenters. The van der Waals surface area contributed by atoms with Crippen LogP contribution in [0.2, 0.25) is 0 Å². The molecular weight excluding hydrogens is 1410 g/mol. The van der Waals surface area contributed by atoms with E-state index in [-0.39, 0.29) is 63.6 Å². The number of hydrogen-bond donors (Lipinski definition) is 31. The number of amides is 1. The van der Waals surface area contributed by atoms with Gasteiger partial charge in [-0.1, -0.05) is 6.92 Å². The topological polar surface area (TPSA) is 828 Å². The highest BCUT2D eigenvalue weighted by molar-refractivity contribution is 5.80. The van der Waals surface area contributed by atoms with Crippen LogP contribution in [0.3, 0.4) is 0 Å². The zero-order valence-corrected chi connectivity index (χ0v) is 59.1. The Kier molecular flexibility index (Phi) is 33.4. The van der Waals surface area contributed by atoms with Crippen molar-refractivity contribution in [2.75, 3.05) is 39.5 Å². The van der Waals surface area contributed by atoms with Crippen LogP contribution in [0, 0.1) is 5.92 Å². The van der Waals surface area contributed by atoms with Gasteiger partial charge in [-0.25, -0.2) is 0 Å². The van der Waals surface area contributed by atoms with Crippen LogP contribution in [0.15, 0.2) is 0 Å². The first kappa shape index (κ1) is 90.0. The fourth-order valence-corrected chi connectivity index (χ4v) is 14.7.